The van der Waals surface area contributed by atoms with E-state index >= 15 is 0 Å². The Morgan fingerprint density at radius 2 is 1.75 bits per heavy atom. The molecule has 1 aromatic rings. The highest BCUT2D eigenvalue weighted by molar-refractivity contribution is 5.94. The highest BCUT2D eigenvalue weighted by Crippen LogP contribution is 2.13. The molecule has 2 atom stereocenters. The summed E-state index contributed by atoms with van der Waals surface area (Å²) in [6.07, 6.45) is 0.672. The molecule has 1 aromatic carbocycles. The third-order valence-corrected chi connectivity index (χ3v) is 4.69. The first-order valence-corrected chi connectivity index (χ1v) is 9.12. The van der Waals surface area contributed by atoms with Crippen LogP contribution in [0.25, 0.3) is 0 Å². The molecule has 1 aliphatic heterocycles. The van der Waals surface area contributed by atoms with Crippen LogP contribution in [0.5, 0.6) is 0 Å². The molecule has 1 fully saturated rings. The van der Waals surface area contributed by atoms with Crippen LogP contribution in [-0.4, -0.2) is 59.9 Å². The van der Waals surface area contributed by atoms with E-state index in [0.29, 0.717) is 44.2 Å². The minimum absolute atomic E-state index is 0. The smallest absolute Gasteiger partial charge is 0.241 e. The monoisotopic (exact) mass is 436 g/mol. The lowest BCUT2D eigenvalue weighted by Crippen LogP contribution is -2.56. The molecule has 0 aliphatic carbocycles. The normalized spacial score (nSPS) is 16.6. The van der Waals surface area contributed by atoms with Gasteiger partial charge in [-0.3, -0.25) is 14.5 Å². The summed E-state index contributed by atoms with van der Waals surface area (Å²) in [5, 5.41) is 2.73. The Balaban J connectivity index is 0.00000364. The molecule has 1 unspecified atom stereocenters. The second-order valence-corrected chi connectivity index (χ2v) is 7.27. The molecule has 2 amide bonds. The van der Waals surface area contributed by atoms with E-state index in [1.54, 1.807) is 17.0 Å². The molecule has 0 saturated carbocycles. The van der Waals surface area contributed by atoms with Gasteiger partial charge in [-0.1, -0.05) is 19.9 Å². The zero-order valence-electron chi connectivity index (χ0n) is 16.6. The van der Waals surface area contributed by atoms with Gasteiger partial charge < -0.3 is 16.0 Å². The van der Waals surface area contributed by atoms with Crippen molar-refractivity contribution in [1.82, 2.24) is 9.80 Å². The summed E-state index contributed by atoms with van der Waals surface area (Å²) in [5.74, 6) is -0.218. The van der Waals surface area contributed by atoms with Gasteiger partial charge in [0.25, 0.3) is 0 Å². The Hall–Kier alpha value is -1.41. The van der Waals surface area contributed by atoms with E-state index in [2.05, 4.69) is 5.32 Å². The number of amides is 2. The number of carbonyl (C=O) groups is 2. The lowest BCUT2D eigenvalue weighted by Gasteiger charge is -2.38. The van der Waals surface area contributed by atoms with Gasteiger partial charge in [-0.05, 0) is 37.5 Å². The van der Waals surface area contributed by atoms with Crippen molar-refractivity contribution in [3.8, 4) is 0 Å². The van der Waals surface area contributed by atoms with E-state index in [1.807, 2.05) is 25.7 Å². The predicted octanol–water partition coefficient (Wildman–Crippen LogP) is 2.51. The van der Waals surface area contributed by atoms with E-state index in [0.717, 1.165) is 0 Å². The Morgan fingerprint density at radius 3 is 2.29 bits per heavy atom. The standard InChI is InChI=1S/C19H29FN4O2.2ClH/c1-13(2)11-17(21)19(26)24-9-7-23(8-10-24)14(3)18(25)22-16-6-4-5-15(20)12-16;;/h4-6,12-14,17H,7-11,21H2,1-3H3,(H,22,25);2*1H/t14?,17-;;/m0../s1. The van der Waals surface area contributed by atoms with E-state index in [1.165, 1.54) is 12.1 Å². The fraction of sp³-hybridized carbons (Fsp3) is 0.579. The number of nitrogens with two attached hydrogens (primary N) is 1. The summed E-state index contributed by atoms with van der Waals surface area (Å²) < 4.78 is 13.2. The van der Waals surface area contributed by atoms with Crippen molar-refractivity contribution in [2.45, 2.75) is 39.3 Å². The first kappa shape index (κ1) is 26.6. The van der Waals surface area contributed by atoms with E-state index in [-0.39, 0.29) is 48.5 Å². The molecule has 1 heterocycles. The number of anilines is 1. The molecule has 0 spiro atoms. The van der Waals surface area contributed by atoms with Crippen molar-refractivity contribution in [3.63, 3.8) is 0 Å². The van der Waals surface area contributed by atoms with E-state index in [4.69, 9.17) is 5.73 Å². The molecule has 0 aromatic heterocycles. The number of halogens is 3. The topological polar surface area (TPSA) is 78.7 Å². The largest absolute Gasteiger partial charge is 0.339 e. The zero-order valence-corrected chi connectivity index (χ0v) is 18.2. The lowest BCUT2D eigenvalue weighted by atomic mass is 10.0. The molecular weight excluding hydrogens is 406 g/mol. The van der Waals surface area contributed by atoms with Gasteiger partial charge in [-0.2, -0.15) is 0 Å². The number of benzene rings is 1. The molecule has 1 saturated heterocycles. The van der Waals surface area contributed by atoms with Crippen LogP contribution >= 0.6 is 24.8 Å². The predicted molar refractivity (Wildman–Crippen MR) is 115 cm³/mol. The lowest BCUT2D eigenvalue weighted by molar-refractivity contribution is -0.135. The van der Waals surface area contributed by atoms with Crippen molar-refractivity contribution >= 4 is 42.3 Å². The first-order valence-electron chi connectivity index (χ1n) is 9.12. The second-order valence-electron chi connectivity index (χ2n) is 7.27. The Kier molecular flexibility index (Phi) is 11.6. The first-order chi connectivity index (χ1) is 12.3. The number of rotatable bonds is 6. The van der Waals surface area contributed by atoms with Crippen molar-refractivity contribution in [2.24, 2.45) is 11.7 Å². The summed E-state index contributed by atoms with van der Waals surface area (Å²) in [6, 6.07) is 5.01. The van der Waals surface area contributed by atoms with Gasteiger partial charge in [0.2, 0.25) is 11.8 Å². The van der Waals surface area contributed by atoms with Crippen LogP contribution in [0.15, 0.2) is 24.3 Å². The molecule has 3 N–H and O–H groups in total. The quantitative estimate of drug-likeness (QED) is 0.717. The van der Waals surface area contributed by atoms with Gasteiger partial charge >= 0.3 is 0 Å². The fourth-order valence-corrected chi connectivity index (χ4v) is 3.15. The summed E-state index contributed by atoms with van der Waals surface area (Å²) in [5.41, 5.74) is 6.43. The van der Waals surface area contributed by atoms with Crippen LogP contribution in [-0.2, 0) is 9.59 Å². The number of nitrogens with zero attached hydrogens (tertiary/aromatic N) is 2. The van der Waals surface area contributed by atoms with Gasteiger partial charge in [0.1, 0.15) is 5.82 Å². The van der Waals surface area contributed by atoms with Crippen LogP contribution in [0.2, 0.25) is 0 Å². The fourth-order valence-electron chi connectivity index (χ4n) is 3.15. The molecule has 9 heteroatoms. The molecular formula is C19H31Cl2FN4O2. The minimum Gasteiger partial charge on any atom is -0.339 e. The Labute approximate surface area is 178 Å². The number of nitrogens with one attached hydrogen (secondary N) is 1. The third kappa shape index (κ3) is 7.54. The molecule has 1 aliphatic rings. The molecule has 160 valence electrons. The average Bonchev–Trinajstić information content (AvgIpc) is 2.60. The zero-order chi connectivity index (χ0) is 19.3. The van der Waals surface area contributed by atoms with Crippen molar-refractivity contribution in [3.05, 3.63) is 30.1 Å². The number of piperazine rings is 1. The van der Waals surface area contributed by atoms with E-state index in [9.17, 15) is 14.0 Å². The molecule has 2 rings (SSSR count). The van der Waals surface area contributed by atoms with Crippen molar-refractivity contribution in [2.75, 3.05) is 31.5 Å². The Morgan fingerprint density at radius 1 is 1.14 bits per heavy atom. The average molecular weight is 437 g/mol. The highest BCUT2D eigenvalue weighted by atomic mass is 35.5. The van der Waals surface area contributed by atoms with E-state index < -0.39 is 6.04 Å². The maximum Gasteiger partial charge on any atom is 0.241 e. The Bertz CT molecular complexity index is 640. The summed E-state index contributed by atoms with van der Waals surface area (Å²) >= 11 is 0. The number of hydrogen-bond donors (Lipinski definition) is 2. The molecule has 0 bridgehead atoms. The van der Waals surface area contributed by atoms with Crippen molar-refractivity contribution < 1.29 is 14.0 Å². The van der Waals surface area contributed by atoms with Crippen molar-refractivity contribution in [1.29, 1.82) is 0 Å². The maximum absolute atomic E-state index is 13.2. The number of carbonyl (C=O) groups excluding carboxylic acids is 2. The summed E-state index contributed by atoms with van der Waals surface area (Å²) in [6.45, 7) is 8.24. The van der Waals surface area contributed by atoms with Crippen LogP contribution in [0.3, 0.4) is 0 Å². The molecule has 0 radical (unpaired) electrons. The van der Waals surface area contributed by atoms with Gasteiger partial charge in [0, 0.05) is 31.9 Å². The molecule has 6 nitrogen and oxygen atoms in total. The summed E-state index contributed by atoms with van der Waals surface area (Å²) in [4.78, 5) is 28.6. The van der Waals surface area contributed by atoms with Gasteiger partial charge in [0.15, 0.2) is 0 Å². The SMILES string of the molecule is CC(C)C[C@H](N)C(=O)N1CCN(C(C)C(=O)Nc2cccc(F)c2)CC1.Cl.Cl. The van der Waals surface area contributed by atoms with Gasteiger partial charge in [-0.25, -0.2) is 4.39 Å². The van der Waals surface area contributed by atoms with Crippen LogP contribution in [0.1, 0.15) is 27.2 Å². The second kappa shape index (κ2) is 12.2. The van der Waals surface area contributed by atoms with Gasteiger partial charge in [0.05, 0.1) is 12.1 Å². The summed E-state index contributed by atoms with van der Waals surface area (Å²) in [7, 11) is 0. The van der Waals surface area contributed by atoms with Crippen LogP contribution in [0.4, 0.5) is 10.1 Å². The van der Waals surface area contributed by atoms with Crippen LogP contribution < -0.4 is 11.1 Å². The van der Waals surface area contributed by atoms with Crippen LogP contribution in [0, 0.1) is 11.7 Å². The molecule has 28 heavy (non-hydrogen) atoms. The van der Waals surface area contributed by atoms with Gasteiger partial charge in [-0.15, -0.1) is 24.8 Å². The minimum atomic E-state index is -0.463. The highest BCUT2D eigenvalue weighted by Gasteiger charge is 2.29. The number of hydrogen-bond acceptors (Lipinski definition) is 4. The third-order valence-electron chi connectivity index (χ3n) is 4.69. The maximum atomic E-state index is 13.2.